The first kappa shape index (κ1) is 53.1. The summed E-state index contributed by atoms with van der Waals surface area (Å²) in [4.78, 5) is 67.0. The number of ether oxygens (including phenoxy) is 5. The van der Waals surface area contributed by atoms with Crippen LogP contribution in [0, 0.1) is 23.2 Å². The zero-order chi connectivity index (χ0) is 51.5. The molecule has 0 radical (unpaired) electrons. The van der Waals surface area contributed by atoms with Crippen molar-refractivity contribution in [2.45, 2.75) is 64.2 Å². The van der Waals surface area contributed by atoms with Crippen LogP contribution in [-0.4, -0.2) is 136 Å². The summed E-state index contributed by atoms with van der Waals surface area (Å²) >= 11 is 6.55. The Morgan fingerprint density at radius 2 is 1.63 bits per heavy atom. The molecule has 4 aliphatic rings. The van der Waals surface area contributed by atoms with Crippen molar-refractivity contribution < 1.29 is 48.0 Å². The van der Waals surface area contributed by atoms with Crippen LogP contribution in [0.25, 0.3) is 10.9 Å². The number of benzene rings is 2. The largest absolute Gasteiger partial charge is 0.508 e. The molecule has 1 saturated heterocycles. The molecule has 73 heavy (non-hydrogen) atoms. The van der Waals surface area contributed by atoms with E-state index in [1.54, 1.807) is 25.2 Å². The lowest BCUT2D eigenvalue weighted by Crippen LogP contribution is -2.42. The lowest BCUT2D eigenvalue weighted by Gasteiger charge is -2.49. The van der Waals surface area contributed by atoms with E-state index in [0.717, 1.165) is 44.2 Å². The number of pyridine rings is 1. The summed E-state index contributed by atoms with van der Waals surface area (Å²) < 4.78 is 29.4. The third kappa shape index (κ3) is 12.8. The average molecular weight is 1030 g/mol. The van der Waals surface area contributed by atoms with Crippen molar-refractivity contribution >= 4 is 63.4 Å². The molecule has 8 rings (SSSR count). The minimum Gasteiger partial charge on any atom is -0.508 e. The number of likely N-dealkylation sites (N-methyl/N-ethyl adjacent to an activating group) is 1. The van der Waals surface area contributed by atoms with Crippen LogP contribution in [0.3, 0.4) is 0 Å². The second kappa shape index (κ2) is 24.7. The number of nitrogens with one attached hydrogen (secondary N) is 4. The van der Waals surface area contributed by atoms with Gasteiger partial charge in [-0.05, 0) is 105 Å². The van der Waals surface area contributed by atoms with Crippen LogP contribution in [0.15, 0.2) is 52.5 Å². The molecule has 1 aliphatic heterocycles. The van der Waals surface area contributed by atoms with E-state index in [9.17, 15) is 24.3 Å². The molecule has 394 valence electrons. The fourth-order valence-electron chi connectivity index (χ4n) is 11.1. The number of aromatic hydroxyl groups is 1. The molecule has 0 bridgehead atoms. The highest BCUT2D eigenvalue weighted by Crippen LogP contribution is 2.60. The summed E-state index contributed by atoms with van der Waals surface area (Å²) in [6, 6.07) is 11.0. The number of aryl methyl sites for hydroxylation is 2. The maximum atomic E-state index is 13.0. The van der Waals surface area contributed by atoms with Crippen molar-refractivity contribution in [3.63, 3.8) is 0 Å². The van der Waals surface area contributed by atoms with Gasteiger partial charge in [-0.3, -0.25) is 19.2 Å². The number of methoxy groups -OCH3 is 1. The molecule has 21 heteroatoms. The number of rotatable bonds is 23. The van der Waals surface area contributed by atoms with Crippen LogP contribution < -0.4 is 41.2 Å². The van der Waals surface area contributed by atoms with E-state index < -0.39 is 5.56 Å². The van der Waals surface area contributed by atoms with Crippen molar-refractivity contribution in [1.82, 2.24) is 30.5 Å². The highest BCUT2D eigenvalue weighted by Gasteiger charge is 2.54. The number of phenolic OH excluding ortho intramolecular Hbond substituents is 1. The number of hydrogen-bond donors (Lipinski definition) is 5. The topological polar surface area (TPSA) is 238 Å². The quantitative estimate of drug-likeness (QED) is 0.0486. The molecule has 4 aromatic rings. The second-order valence-corrected chi connectivity index (χ2v) is 19.7. The SMILES string of the molecule is CNC(=O)COc1cc2cc(Nc3nc(N4CCC(C(=O)NCCOCCOCCOCCNC(=O)CO/N=C5\CCC6C7CCc8cc(O)ccc8C7CC[C@]56C)CC4)ncc3Cl)cc(OC)c2n(C)c1=O. The van der Waals surface area contributed by atoms with Crippen LogP contribution in [-0.2, 0) is 46.9 Å². The number of nitrogens with zero attached hydrogens (tertiary/aromatic N) is 5. The van der Waals surface area contributed by atoms with Gasteiger partial charge in [0, 0.05) is 68.7 Å². The zero-order valence-electron chi connectivity index (χ0n) is 42.1. The van der Waals surface area contributed by atoms with Crippen LogP contribution in [0.5, 0.6) is 17.2 Å². The summed E-state index contributed by atoms with van der Waals surface area (Å²) in [5, 5.41) is 26.9. The number of oxime groups is 1. The third-order valence-electron chi connectivity index (χ3n) is 14.9. The van der Waals surface area contributed by atoms with Crippen molar-refractivity contribution in [2.75, 3.05) is 103 Å². The van der Waals surface area contributed by atoms with Gasteiger partial charge in [-0.15, -0.1) is 0 Å². The smallest absolute Gasteiger partial charge is 0.293 e. The lowest BCUT2D eigenvalue weighted by atomic mass is 9.55. The number of amides is 3. The van der Waals surface area contributed by atoms with Crippen molar-refractivity contribution in [1.29, 1.82) is 0 Å². The van der Waals surface area contributed by atoms with E-state index in [-0.39, 0.29) is 48.0 Å². The fourth-order valence-corrected chi connectivity index (χ4v) is 11.3. The highest BCUT2D eigenvalue weighted by molar-refractivity contribution is 6.33. The Balaban J connectivity index is 0.656. The third-order valence-corrected chi connectivity index (χ3v) is 15.2. The Bertz CT molecular complexity index is 2700. The summed E-state index contributed by atoms with van der Waals surface area (Å²) in [5.41, 5.74) is 4.46. The fraction of sp³-hybridized carbons (Fsp3) is 0.558. The van der Waals surface area contributed by atoms with E-state index in [2.05, 4.69) is 44.4 Å². The summed E-state index contributed by atoms with van der Waals surface area (Å²) in [5.74, 6) is 2.49. The molecule has 0 spiro atoms. The van der Waals surface area contributed by atoms with Gasteiger partial charge in [-0.25, -0.2) is 4.98 Å². The van der Waals surface area contributed by atoms with Crippen LogP contribution >= 0.6 is 11.6 Å². The molecule has 2 aromatic heterocycles. The maximum Gasteiger partial charge on any atom is 0.293 e. The molecule has 3 unspecified atom stereocenters. The minimum absolute atomic E-state index is 0.00810. The van der Waals surface area contributed by atoms with Gasteiger partial charge in [0.05, 0.1) is 64.2 Å². The first-order valence-corrected chi connectivity index (χ1v) is 25.6. The predicted octanol–water partition coefficient (Wildman–Crippen LogP) is 4.99. The van der Waals surface area contributed by atoms with Crippen molar-refractivity contribution in [2.24, 2.45) is 35.4 Å². The van der Waals surface area contributed by atoms with E-state index in [0.29, 0.717) is 141 Å². The van der Waals surface area contributed by atoms with Crippen molar-refractivity contribution in [3.05, 3.63) is 69.1 Å². The van der Waals surface area contributed by atoms with E-state index >= 15 is 0 Å². The number of aromatic nitrogens is 3. The van der Waals surface area contributed by atoms with Crippen LogP contribution in [0.4, 0.5) is 17.5 Å². The molecule has 2 saturated carbocycles. The summed E-state index contributed by atoms with van der Waals surface area (Å²) in [6.07, 6.45) is 9.02. The average Bonchev–Trinajstić information content (AvgIpc) is 3.73. The lowest BCUT2D eigenvalue weighted by molar-refractivity contribution is -0.126. The number of carbonyl (C=O) groups is 3. The van der Waals surface area contributed by atoms with Crippen molar-refractivity contribution in [3.8, 4) is 17.2 Å². The molecule has 20 nitrogen and oxygen atoms in total. The van der Waals surface area contributed by atoms with Gasteiger partial charge < -0.3 is 64.4 Å². The second-order valence-electron chi connectivity index (χ2n) is 19.3. The first-order valence-electron chi connectivity index (χ1n) is 25.2. The Morgan fingerprint density at radius 1 is 0.890 bits per heavy atom. The Morgan fingerprint density at radius 3 is 2.37 bits per heavy atom. The standard InChI is InChI=1S/C52H68ClN9O11/c1-52-14-11-38-37-8-6-36(63)26-33(37)5-7-39(38)40(52)9-10-44(52)60-73-31-46(65)55-15-19-69-21-23-71-24-22-70-20-16-56-49(66)32-12-17-62(18-13-32)51-57-29-41(53)48(59-51)58-35-25-34-27-43(72-30-45(64)54-2)50(67)61(3)47(34)42(28-35)68-4/h6,8,25-29,32,38-40,63H,5,7,9-24,30-31H2,1-4H3,(H,54,64)(H,55,65)(H,56,66)(H,57,58,59)/b60-44+/t38?,39?,40?,52-/m0/s1. The van der Waals surface area contributed by atoms with Gasteiger partial charge in [0.25, 0.3) is 17.4 Å². The van der Waals surface area contributed by atoms with E-state index in [4.69, 9.17) is 45.1 Å². The number of phenols is 1. The van der Waals surface area contributed by atoms with Gasteiger partial charge in [-0.1, -0.05) is 29.7 Å². The number of anilines is 3. The molecule has 2 aromatic carbocycles. The van der Waals surface area contributed by atoms with E-state index in [1.165, 1.54) is 36.0 Å². The number of hydrogen-bond acceptors (Lipinski definition) is 16. The normalized spacial score (nSPS) is 21.0. The molecule has 3 fully saturated rings. The number of carbonyl (C=O) groups excluding carboxylic acids is 3. The molecule has 5 N–H and O–H groups in total. The van der Waals surface area contributed by atoms with Gasteiger partial charge in [0.15, 0.2) is 24.8 Å². The Kier molecular flexibility index (Phi) is 17.9. The van der Waals surface area contributed by atoms with Gasteiger partial charge in [0.2, 0.25) is 11.9 Å². The number of fused-ring (bicyclic) bond motifs is 6. The monoisotopic (exact) mass is 1030 g/mol. The summed E-state index contributed by atoms with van der Waals surface area (Å²) in [6.45, 7) is 5.96. The van der Waals surface area contributed by atoms with Gasteiger partial charge in [-0.2, -0.15) is 4.98 Å². The zero-order valence-corrected chi connectivity index (χ0v) is 42.9. The van der Waals surface area contributed by atoms with Crippen LogP contribution in [0.2, 0.25) is 5.02 Å². The van der Waals surface area contributed by atoms with Gasteiger partial charge in [0.1, 0.15) is 16.5 Å². The predicted molar refractivity (Wildman–Crippen MR) is 275 cm³/mol. The van der Waals surface area contributed by atoms with Gasteiger partial charge >= 0.3 is 0 Å². The Hall–Kier alpha value is -6.22. The first-order chi connectivity index (χ1) is 35.4. The van der Waals surface area contributed by atoms with Crippen LogP contribution in [0.1, 0.15) is 68.9 Å². The molecular weight excluding hydrogens is 962 g/mol. The molecule has 4 atom stereocenters. The molecule has 3 amide bonds. The maximum absolute atomic E-state index is 13.0. The molecule has 3 heterocycles. The minimum atomic E-state index is -0.418. The number of piperidine rings is 1. The Labute approximate surface area is 429 Å². The molecule has 3 aliphatic carbocycles. The molecular formula is C52H68ClN9O11. The van der Waals surface area contributed by atoms with E-state index in [1.807, 2.05) is 17.0 Å². The number of halogens is 1. The summed E-state index contributed by atoms with van der Waals surface area (Å²) in [7, 11) is 4.59. The highest BCUT2D eigenvalue weighted by atomic mass is 35.5.